The first kappa shape index (κ1) is 45.8. The molecule has 16 rings (SSSR count). The molecule has 0 amide bonds. The minimum atomic E-state index is -0.0274. The molecule has 0 bridgehead atoms. The van der Waals surface area contributed by atoms with Crippen LogP contribution in [0.4, 0.5) is 0 Å². The lowest BCUT2D eigenvalue weighted by molar-refractivity contribution is 0.590. The van der Waals surface area contributed by atoms with Crippen LogP contribution in [0, 0.1) is 0 Å². The summed E-state index contributed by atoms with van der Waals surface area (Å²) in [6, 6.07) is 72.0. The molecule has 0 aliphatic heterocycles. The third kappa shape index (κ3) is 6.07. The summed E-state index contributed by atoms with van der Waals surface area (Å²) in [4.78, 5) is 0. The van der Waals surface area contributed by atoms with Crippen molar-refractivity contribution in [2.45, 2.75) is 91.9 Å². The van der Waals surface area contributed by atoms with Gasteiger partial charge in [-0.1, -0.05) is 233 Å². The Balaban J connectivity index is 1.04. The highest BCUT2D eigenvalue weighted by atomic mass is 14.3. The van der Waals surface area contributed by atoms with E-state index in [1.54, 1.807) is 0 Å². The van der Waals surface area contributed by atoms with Crippen LogP contribution in [0.1, 0.15) is 103 Å². The summed E-state index contributed by atoms with van der Waals surface area (Å²) < 4.78 is 0. The Kier molecular flexibility index (Phi) is 9.21. The lowest BCUT2D eigenvalue weighted by atomic mass is 9.81. The quantitative estimate of drug-likeness (QED) is 0.119. The molecule has 0 aromatic heterocycles. The molecule has 0 N–H and O–H groups in total. The van der Waals surface area contributed by atoms with Crippen LogP contribution >= 0.6 is 0 Å². The fourth-order valence-electron chi connectivity index (χ4n) is 15.0. The first-order chi connectivity index (χ1) is 37.6. The monoisotopic (exact) mass is 998 g/mol. The third-order valence-electron chi connectivity index (χ3n) is 18.7. The SMILES string of the molecule is CC(C)c1cccc(C(C)C)c1-c1ccc2c(c1)-c1ccc3c4ccc5c6c(-c7cccc(C(C)(C)C)c7)c7cc8c(cc7c(-c7cccc(C(C)(C)C)c7)c6c6ccc(c7ccc-2c1c73)c4c65)c1cccc2cccc8c21. The predicted octanol–water partition coefficient (Wildman–Crippen LogP) is 23.0. The fourth-order valence-corrected chi connectivity index (χ4v) is 15.0. The molecule has 78 heavy (non-hydrogen) atoms. The van der Waals surface area contributed by atoms with Crippen LogP contribution in [-0.4, -0.2) is 0 Å². The first-order valence-electron chi connectivity index (χ1n) is 28.5. The summed E-state index contributed by atoms with van der Waals surface area (Å²) >= 11 is 0. The first-order valence-corrected chi connectivity index (χ1v) is 28.5. The summed E-state index contributed by atoms with van der Waals surface area (Å²) in [6.45, 7) is 23.4. The summed E-state index contributed by atoms with van der Waals surface area (Å²) in [7, 11) is 0. The molecule has 0 heteroatoms. The second kappa shape index (κ2) is 15.7. The van der Waals surface area contributed by atoms with E-state index >= 15 is 0 Å². The molecule has 15 aromatic rings. The van der Waals surface area contributed by atoms with Gasteiger partial charge in [0, 0.05) is 0 Å². The maximum Gasteiger partial charge on any atom is -0.000740 e. The Bertz CT molecular complexity index is 4840. The van der Waals surface area contributed by atoms with Crippen LogP contribution in [0.5, 0.6) is 0 Å². The normalized spacial score (nSPS) is 13.2. The molecule has 0 saturated carbocycles. The van der Waals surface area contributed by atoms with E-state index in [0.717, 1.165) is 0 Å². The zero-order valence-electron chi connectivity index (χ0n) is 46.5. The number of fused-ring (bicyclic) bond motifs is 12. The van der Waals surface area contributed by atoms with E-state index in [2.05, 4.69) is 251 Å². The van der Waals surface area contributed by atoms with Crippen LogP contribution in [0.2, 0.25) is 0 Å². The zero-order chi connectivity index (χ0) is 53.0. The predicted molar refractivity (Wildman–Crippen MR) is 341 cm³/mol. The Morgan fingerprint density at radius 2 is 0.654 bits per heavy atom. The van der Waals surface area contributed by atoms with Crippen molar-refractivity contribution in [2.75, 3.05) is 0 Å². The topological polar surface area (TPSA) is 0 Å². The van der Waals surface area contributed by atoms with Gasteiger partial charge in [0.15, 0.2) is 0 Å². The standard InChI is InChI=1S/C78H62/c1-41(2)49-22-15-23-50(42(3)4)68(49)46-26-27-51-54-28-29-55-57-32-34-60-74-61(35-33-58(73(57)74)56-30-31-59(62(51)38-46)71(54)72(55)56)76-70(45-19-12-21-48(37-45)78(8,9)10)66-40-64-53-25-14-17-43-16-13-24-52(67(43)53)63(64)39-65(66)69(75(60)76)44-18-11-20-47(36-44)77(5,6)7/h11-42H,1-10H3. The van der Waals surface area contributed by atoms with Crippen LogP contribution in [-0.2, 0) is 10.8 Å². The van der Waals surface area contributed by atoms with Gasteiger partial charge in [-0.25, -0.2) is 0 Å². The van der Waals surface area contributed by atoms with Crippen molar-refractivity contribution in [1.29, 1.82) is 0 Å². The van der Waals surface area contributed by atoms with Gasteiger partial charge in [0.1, 0.15) is 0 Å². The van der Waals surface area contributed by atoms with E-state index < -0.39 is 0 Å². The van der Waals surface area contributed by atoms with Gasteiger partial charge < -0.3 is 0 Å². The average molecular weight is 999 g/mol. The Hall–Kier alpha value is -8.32. The smallest absolute Gasteiger partial charge is 0.000740 e. The summed E-state index contributed by atoms with van der Waals surface area (Å²) in [5, 5.41) is 26.8. The van der Waals surface area contributed by atoms with Crippen LogP contribution in [0.15, 0.2) is 182 Å². The lowest BCUT2D eigenvalue weighted by Gasteiger charge is -2.23. The summed E-state index contributed by atoms with van der Waals surface area (Å²) in [5.74, 6) is 0.851. The molecule has 0 atom stereocenters. The second-order valence-corrected chi connectivity index (χ2v) is 25.8. The van der Waals surface area contributed by atoms with Crippen LogP contribution in [0.25, 0.3) is 163 Å². The van der Waals surface area contributed by atoms with Crippen molar-refractivity contribution >= 4 is 108 Å². The molecule has 0 saturated heterocycles. The van der Waals surface area contributed by atoms with Crippen molar-refractivity contribution in [3.63, 3.8) is 0 Å². The number of hydrogen-bond acceptors (Lipinski definition) is 0. The van der Waals surface area contributed by atoms with E-state index in [1.807, 2.05) is 0 Å². The minimum Gasteiger partial charge on any atom is -0.0617 e. The molecule has 0 unspecified atom stereocenters. The highest BCUT2D eigenvalue weighted by Gasteiger charge is 2.31. The molecule has 0 nitrogen and oxygen atoms in total. The molecular weight excluding hydrogens is 937 g/mol. The maximum absolute atomic E-state index is 2.58. The van der Waals surface area contributed by atoms with Crippen molar-refractivity contribution in [1.82, 2.24) is 0 Å². The van der Waals surface area contributed by atoms with Gasteiger partial charge in [0.2, 0.25) is 0 Å². The van der Waals surface area contributed by atoms with Crippen molar-refractivity contribution < 1.29 is 0 Å². The molecule has 0 fully saturated rings. The molecule has 374 valence electrons. The van der Waals surface area contributed by atoms with Crippen LogP contribution < -0.4 is 0 Å². The van der Waals surface area contributed by atoms with E-state index in [4.69, 9.17) is 0 Å². The number of rotatable bonds is 5. The van der Waals surface area contributed by atoms with E-state index in [1.165, 1.54) is 186 Å². The van der Waals surface area contributed by atoms with Crippen molar-refractivity contribution in [3.8, 4) is 55.6 Å². The molecule has 0 radical (unpaired) electrons. The van der Waals surface area contributed by atoms with E-state index in [9.17, 15) is 0 Å². The van der Waals surface area contributed by atoms with E-state index in [-0.39, 0.29) is 10.8 Å². The molecule has 0 spiro atoms. The van der Waals surface area contributed by atoms with Crippen molar-refractivity contribution in [3.05, 3.63) is 204 Å². The number of benzene rings is 13. The highest BCUT2D eigenvalue weighted by Crippen LogP contribution is 2.58. The molecule has 1 aliphatic carbocycles. The summed E-state index contributed by atoms with van der Waals surface area (Å²) in [6.07, 6.45) is 0. The van der Waals surface area contributed by atoms with Gasteiger partial charge in [-0.05, 0) is 226 Å². The second-order valence-electron chi connectivity index (χ2n) is 25.8. The Morgan fingerprint density at radius 3 is 1.15 bits per heavy atom. The lowest BCUT2D eigenvalue weighted by Crippen LogP contribution is -2.11. The minimum absolute atomic E-state index is 0.0274. The average Bonchev–Trinajstić information content (AvgIpc) is 2.15. The van der Waals surface area contributed by atoms with Gasteiger partial charge in [-0.15, -0.1) is 0 Å². The largest absolute Gasteiger partial charge is 0.0617 e. The number of hydrogen-bond donors (Lipinski definition) is 0. The van der Waals surface area contributed by atoms with Gasteiger partial charge in [-0.2, -0.15) is 0 Å². The van der Waals surface area contributed by atoms with Crippen molar-refractivity contribution in [2.24, 2.45) is 0 Å². The van der Waals surface area contributed by atoms with Gasteiger partial charge in [0.05, 0.1) is 0 Å². The maximum atomic E-state index is 2.58. The highest BCUT2D eigenvalue weighted by molar-refractivity contribution is 6.47. The summed E-state index contributed by atoms with van der Waals surface area (Å²) in [5.41, 5.74) is 18.8. The van der Waals surface area contributed by atoms with Gasteiger partial charge in [0.25, 0.3) is 0 Å². The van der Waals surface area contributed by atoms with Gasteiger partial charge >= 0.3 is 0 Å². The molecule has 15 aromatic carbocycles. The van der Waals surface area contributed by atoms with E-state index in [0.29, 0.717) is 11.8 Å². The Morgan fingerprint density at radius 1 is 0.256 bits per heavy atom. The third-order valence-corrected chi connectivity index (χ3v) is 18.7. The van der Waals surface area contributed by atoms with Gasteiger partial charge in [-0.3, -0.25) is 0 Å². The van der Waals surface area contributed by atoms with Crippen LogP contribution in [0.3, 0.4) is 0 Å². The Labute approximate surface area is 457 Å². The molecular formula is C78H62. The molecule has 1 aliphatic rings. The molecule has 0 heterocycles. The fraction of sp³-hybridized carbons (Fsp3) is 0.179. The zero-order valence-corrected chi connectivity index (χ0v) is 46.5.